The van der Waals surface area contributed by atoms with E-state index < -0.39 is 16.1 Å². The van der Waals surface area contributed by atoms with Crippen molar-refractivity contribution in [3.63, 3.8) is 0 Å². The van der Waals surface area contributed by atoms with E-state index in [1.165, 1.54) is 0 Å². The van der Waals surface area contributed by atoms with Crippen LogP contribution in [0.5, 0.6) is 5.75 Å². The largest absolute Gasteiger partial charge is 0.461 e. The lowest BCUT2D eigenvalue weighted by Crippen LogP contribution is -2.41. The third-order valence-corrected chi connectivity index (χ3v) is 4.86. The molecule has 2 rings (SSSR count). The Balaban J connectivity index is 2.23. The number of hydrogen-bond donors (Lipinski definition) is 2. The lowest BCUT2D eigenvalue weighted by Gasteiger charge is -2.34. The second-order valence-electron chi connectivity index (χ2n) is 5.55. The molecule has 0 aromatic heterocycles. The Labute approximate surface area is 142 Å². The topological polar surface area (TPSA) is 84.9 Å². The van der Waals surface area contributed by atoms with Crippen LogP contribution in [0.25, 0.3) is 0 Å². The molecule has 0 fully saturated rings. The summed E-state index contributed by atoms with van der Waals surface area (Å²) in [5, 5.41) is 0.536. The molecule has 0 saturated heterocycles. The Morgan fingerprint density at radius 2 is 2.09 bits per heavy atom. The summed E-state index contributed by atoms with van der Waals surface area (Å²) in [4.78, 5) is 0. The average molecular weight is 364 g/mol. The van der Waals surface area contributed by atoms with Gasteiger partial charge >= 0.3 is 10.3 Å². The van der Waals surface area contributed by atoms with Gasteiger partial charge in [0.2, 0.25) is 5.79 Å². The van der Waals surface area contributed by atoms with Crippen molar-refractivity contribution in [2.75, 3.05) is 6.54 Å². The van der Waals surface area contributed by atoms with Crippen molar-refractivity contribution in [3.8, 4) is 5.75 Å². The molecule has 0 bridgehead atoms. The van der Waals surface area contributed by atoms with Gasteiger partial charge in [0.1, 0.15) is 5.75 Å². The number of benzene rings is 1. The SMILES string of the molecule is CCC1(CC)Oc2c(Cl)cccc2CC(CCNS(=O)(=O)O)O1. The zero-order chi connectivity index (χ0) is 17.1. The van der Waals surface area contributed by atoms with Gasteiger partial charge in [0, 0.05) is 25.8 Å². The molecule has 0 amide bonds. The standard InChI is InChI=1S/C15H22ClNO5S/c1-3-15(4-2)21-12(8-9-17-23(18,19)20)10-11-6-5-7-13(16)14(11)22-15/h5-7,12,17H,3-4,8-10H2,1-2H3,(H,18,19,20). The first-order valence-electron chi connectivity index (χ1n) is 7.65. The Morgan fingerprint density at radius 1 is 1.39 bits per heavy atom. The van der Waals surface area contributed by atoms with E-state index in [9.17, 15) is 8.42 Å². The van der Waals surface area contributed by atoms with Crippen LogP contribution in [0.15, 0.2) is 18.2 Å². The van der Waals surface area contributed by atoms with E-state index >= 15 is 0 Å². The highest BCUT2D eigenvalue weighted by atomic mass is 35.5. The lowest BCUT2D eigenvalue weighted by molar-refractivity contribution is -0.209. The summed E-state index contributed by atoms with van der Waals surface area (Å²) < 4.78 is 44.7. The summed E-state index contributed by atoms with van der Waals surface area (Å²) in [6.07, 6.45) is 2.00. The summed E-state index contributed by atoms with van der Waals surface area (Å²) in [6.45, 7) is 4.03. The highest BCUT2D eigenvalue weighted by Gasteiger charge is 2.37. The van der Waals surface area contributed by atoms with E-state index in [2.05, 4.69) is 4.72 Å². The van der Waals surface area contributed by atoms with Gasteiger partial charge in [0.25, 0.3) is 0 Å². The number of fused-ring (bicyclic) bond motifs is 1. The number of para-hydroxylation sites is 1. The molecule has 8 heteroatoms. The normalized spacial score (nSPS) is 20.4. The number of ether oxygens (including phenoxy) is 2. The predicted octanol–water partition coefficient (Wildman–Crippen LogP) is 2.96. The van der Waals surface area contributed by atoms with Crippen molar-refractivity contribution in [1.29, 1.82) is 0 Å². The van der Waals surface area contributed by atoms with E-state index in [4.69, 9.17) is 25.6 Å². The molecule has 6 nitrogen and oxygen atoms in total. The molecule has 0 saturated carbocycles. The van der Waals surface area contributed by atoms with Crippen LogP contribution in [0.2, 0.25) is 5.02 Å². The van der Waals surface area contributed by atoms with Crippen LogP contribution < -0.4 is 9.46 Å². The zero-order valence-corrected chi connectivity index (χ0v) is 14.8. The van der Waals surface area contributed by atoms with E-state index in [1.54, 1.807) is 6.07 Å². The van der Waals surface area contributed by atoms with E-state index in [1.807, 2.05) is 26.0 Å². The van der Waals surface area contributed by atoms with Gasteiger partial charge < -0.3 is 9.47 Å². The van der Waals surface area contributed by atoms with Crippen LogP contribution in [0.3, 0.4) is 0 Å². The van der Waals surface area contributed by atoms with Gasteiger partial charge in [-0.1, -0.05) is 37.6 Å². The Kier molecular flexibility index (Phi) is 5.91. The molecule has 2 N–H and O–H groups in total. The molecule has 130 valence electrons. The minimum atomic E-state index is -4.20. The van der Waals surface area contributed by atoms with Crippen LogP contribution >= 0.6 is 11.6 Å². The Morgan fingerprint density at radius 3 is 2.70 bits per heavy atom. The van der Waals surface area contributed by atoms with Crippen molar-refractivity contribution in [2.24, 2.45) is 0 Å². The van der Waals surface area contributed by atoms with E-state index in [0.717, 1.165) is 5.56 Å². The van der Waals surface area contributed by atoms with Crippen molar-refractivity contribution >= 4 is 21.9 Å². The summed E-state index contributed by atoms with van der Waals surface area (Å²) in [5.41, 5.74) is 0.929. The van der Waals surface area contributed by atoms with Crippen LogP contribution in [0.1, 0.15) is 38.7 Å². The van der Waals surface area contributed by atoms with Gasteiger partial charge in [0.15, 0.2) is 0 Å². The lowest BCUT2D eigenvalue weighted by atomic mass is 10.0. The van der Waals surface area contributed by atoms with Crippen LogP contribution in [0, 0.1) is 0 Å². The van der Waals surface area contributed by atoms with E-state index in [0.29, 0.717) is 36.5 Å². The van der Waals surface area contributed by atoms with E-state index in [-0.39, 0.29) is 12.6 Å². The van der Waals surface area contributed by atoms with Gasteiger partial charge in [-0.25, -0.2) is 0 Å². The molecule has 0 radical (unpaired) electrons. The van der Waals surface area contributed by atoms with Gasteiger partial charge in [-0.3, -0.25) is 4.55 Å². The van der Waals surface area contributed by atoms with Crippen LogP contribution in [-0.4, -0.2) is 31.4 Å². The second kappa shape index (κ2) is 7.36. The fraction of sp³-hybridized carbons (Fsp3) is 0.600. The minimum Gasteiger partial charge on any atom is -0.461 e. The average Bonchev–Trinajstić information content (AvgIpc) is 2.64. The maximum atomic E-state index is 10.8. The third kappa shape index (κ3) is 4.81. The zero-order valence-electron chi connectivity index (χ0n) is 13.2. The monoisotopic (exact) mass is 363 g/mol. The molecular formula is C15H22ClNO5S. The molecule has 1 atom stereocenters. The highest BCUT2D eigenvalue weighted by molar-refractivity contribution is 7.83. The van der Waals surface area contributed by atoms with Gasteiger partial charge in [-0.15, -0.1) is 0 Å². The number of rotatable bonds is 6. The van der Waals surface area contributed by atoms with Crippen LogP contribution in [0.4, 0.5) is 0 Å². The molecule has 0 spiro atoms. The Bertz CT molecular complexity index is 645. The van der Waals surface area contributed by atoms with Gasteiger partial charge in [0.05, 0.1) is 11.1 Å². The summed E-state index contributed by atoms with van der Waals surface area (Å²) in [7, 11) is -4.20. The molecule has 1 aromatic rings. The molecule has 0 aliphatic carbocycles. The Hall–Kier alpha value is -0.860. The first kappa shape index (κ1) is 18.5. The number of hydrogen-bond acceptors (Lipinski definition) is 4. The quantitative estimate of drug-likeness (QED) is 0.759. The smallest absolute Gasteiger partial charge is 0.333 e. The third-order valence-electron chi connectivity index (χ3n) is 3.99. The molecule has 1 heterocycles. The minimum absolute atomic E-state index is 0.0862. The first-order chi connectivity index (χ1) is 10.8. The fourth-order valence-electron chi connectivity index (χ4n) is 2.70. The van der Waals surface area contributed by atoms with Gasteiger partial charge in [-0.05, 0) is 18.1 Å². The van der Waals surface area contributed by atoms with Gasteiger partial charge in [-0.2, -0.15) is 13.1 Å². The number of halogens is 1. The molecule has 1 aliphatic rings. The summed E-state index contributed by atoms with van der Waals surface area (Å²) >= 11 is 6.26. The molecular weight excluding hydrogens is 342 g/mol. The molecule has 1 aromatic carbocycles. The molecule has 1 unspecified atom stereocenters. The predicted molar refractivity (Wildman–Crippen MR) is 88.1 cm³/mol. The number of nitrogens with one attached hydrogen (secondary N) is 1. The van der Waals surface area contributed by atoms with Crippen molar-refractivity contribution < 1.29 is 22.4 Å². The first-order valence-corrected chi connectivity index (χ1v) is 9.46. The summed E-state index contributed by atoms with van der Waals surface area (Å²) in [6, 6.07) is 5.55. The van der Waals surface area contributed by atoms with Crippen molar-refractivity contribution in [1.82, 2.24) is 4.72 Å². The van der Waals surface area contributed by atoms with Crippen molar-refractivity contribution in [2.45, 2.75) is 51.4 Å². The molecule has 23 heavy (non-hydrogen) atoms. The highest BCUT2D eigenvalue weighted by Crippen LogP contribution is 2.39. The maximum Gasteiger partial charge on any atom is 0.333 e. The second-order valence-corrected chi connectivity index (χ2v) is 7.20. The maximum absolute atomic E-state index is 10.8. The van der Waals surface area contributed by atoms with Crippen molar-refractivity contribution in [3.05, 3.63) is 28.8 Å². The van der Waals surface area contributed by atoms with Crippen LogP contribution in [-0.2, 0) is 21.5 Å². The summed E-state index contributed by atoms with van der Waals surface area (Å²) in [5.74, 6) is -0.165. The fourth-order valence-corrected chi connectivity index (χ4v) is 3.31. The molecule has 1 aliphatic heterocycles.